The number of benzene rings is 2. The summed E-state index contributed by atoms with van der Waals surface area (Å²) in [5.74, 6) is -0.379. The third-order valence-electron chi connectivity index (χ3n) is 3.42. The second kappa shape index (κ2) is 9.88. The Kier molecular flexibility index (Phi) is 7.19. The van der Waals surface area contributed by atoms with Crippen LogP contribution in [0.1, 0.15) is 18.1 Å². The molecule has 0 heterocycles. The van der Waals surface area contributed by atoms with Crippen LogP contribution in [0.15, 0.2) is 72.8 Å². The molecule has 128 valence electrons. The molecule has 0 aliphatic carbocycles. The summed E-state index contributed by atoms with van der Waals surface area (Å²) in [6, 6.07) is 19.0. The van der Waals surface area contributed by atoms with E-state index >= 15 is 0 Å². The van der Waals surface area contributed by atoms with Crippen molar-refractivity contribution < 1.29 is 9.59 Å². The van der Waals surface area contributed by atoms with E-state index in [-0.39, 0.29) is 17.9 Å². The molecule has 0 spiro atoms. The molecule has 0 aliphatic rings. The van der Waals surface area contributed by atoms with Crippen molar-refractivity contribution in [2.45, 2.75) is 13.0 Å². The second-order valence-electron chi connectivity index (χ2n) is 5.64. The van der Waals surface area contributed by atoms with Crippen molar-refractivity contribution in [1.82, 2.24) is 10.6 Å². The van der Waals surface area contributed by atoms with Crippen LogP contribution in [0.3, 0.4) is 0 Å². The predicted octanol–water partition coefficient (Wildman–Crippen LogP) is 3.03. The summed E-state index contributed by atoms with van der Waals surface area (Å²) in [4.78, 5) is 23.7. The van der Waals surface area contributed by atoms with Gasteiger partial charge in [0.1, 0.15) is 0 Å². The molecule has 0 radical (unpaired) electrons. The lowest BCUT2D eigenvalue weighted by Gasteiger charge is -2.12. The lowest BCUT2D eigenvalue weighted by Crippen LogP contribution is -2.40. The summed E-state index contributed by atoms with van der Waals surface area (Å²) < 4.78 is 0. The highest BCUT2D eigenvalue weighted by Crippen LogP contribution is 2.01. The van der Waals surface area contributed by atoms with E-state index in [2.05, 4.69) is 10.6 Å². The van der Waals surface area contributed by atoms with E-state index in [1.54, 1.807) is 12.2 Å². The van der Waals surface area contributed by atoms with Gasteiger partial charge in [-0.3, -0.25) is 9.59 Å². The SMILES string of the molecule is C[C@@H](CNC(=O)/C=C/c1ccccc1)NC(=O)/C=C/c1ccccc1. The number of amides is 2. The minimum absolute atomic E-state index is 0.165. The monoisotopic (exact) mass is 334 g/mol. The Bertz CT molecular complexity index is 737. The van der Waals surface area contributed by atoms with Crippen LogP contribution in [-0.4, -0.2) is 24.4 Å². The average Bonchev–Trinajstić information content (AvgIpc) is 2.65. The third kappa shape index (κ3) is 7.31. The van der Waals surface area contributed by atoms with Gasteiger partial charge in [-0.05, 0) is 30.2 Å². The molecule has 2 N–H and O–H groups in total. The van der Waals surface area contributed by atoms with E-state index in [0.29, 0.717) is 6.54 Å². The quantitative estimate of drug-likeness (QED) is 0.765. The molecule has 2 rings (SSSR count). The van der Waals surface area contributed by atoms with E-state index < -0.39 is 0 Å². The summed E-state index contributed by atoms with van der Waals surface area (Å²) in [7, 11) is 0. The van der Waals surface area contributed by atoms with Gasteiger partial charge in [-0.15, -0.1) is 0 Å². The van der Waals surface area contributed by atoms with Crippen molar-refractivity contribution in [3.05, 3.63) is 83.9 Å². The first-order valence-corrected chi connectivity index (χ1v) is 8.18. The predicted molar refractivity (Wildman–Crippen MR) is 102 cm³/mol. The number of nitrogens with one attached hydrogen (secondary N) is 2. The number of hydrogen-bond donors (Lipinski definition) is 2. The van der Waals surface area contributed by atoms with Crippen LogP contribution in [-0.2, 0) is 9.59 Å². The van der Waals surface area contributed by atoms with Crippen LogP contribution in [0.2, 0.25) is 0 Å². The first-order valence-electron chi connectivity index (χ1n) is 8.18. The lowest BCUT2D eigenvalue weighted by atomic mass is 10.2. The van der Waals surface area contributed by atoms with Gasteiger partial charge in [0.25, 0.3) is 0 Å². The summed E-state index contributed by atoms with van der Waals surface area (Å²) in [6.45, 7) is 2.21. The molecule has 0 aromatic heterocycles. The smallest absolute Gasteiger partial charge is 0.244 e. The van der Waals surface area contributed by atoms with Gasteiger partial charge >= 0.3 is 0 Å². The molecule has 2 aromatic carbocycles. The van der Waals surface area contributed by atoms with Gasteiger partial charge in [0.2, 0.25) is 11.8 Å². The second-order valence-corrected chi connectivity index (χ2v) is 5.64. The molecular weight excluding hydrogens is 312 g/mol. The van der Waals surface area contributed by atoms with Crippen molar-refractivity contribution in [3.8, 4) is 0 Å². The number of rotatable bonds is 7. The molecule has 2 aromatic rings. The summed E-state index contributed by atoms with van der Waals surface area (Å²) in [6.07, 6.45) is 6.48. The fraction of sp³-hybridized carbons (Fsp3) is 0.143. The van der Waals surface area contributed by atoms with Crippen LogP contribution in [0, 0.1) is 0 Å². The normalized spacial score (nSPS) is 12.2. The van der Waals surface area contributed by atoms with Crippen molar-refractivity contribution in [2.75, 3.05) is 6.54 Å². The molecule has 0 fully saturated rings. The molecule has 0 bridgehead atoms. The number of hydrogen-bond acceptors (Lipinski definition) is 2. The van der Waals surface area contributed by atoms with Gasteiger partial charge in [-0.2, -0.15) is 0 Å². The maximum atomic E-state index is 11.9. The zero-order valence-electron chi connectivity index (χ0n) is 14.2. The van der Waals surface area contributed by atoms with Gasteiger partial charge < -0.3 is 10.6 Å². The fourth-order valence-electron chi connectivity index (χ4n) is 2.13. The topological polar surface area (TPSA) is 58.2 Å². The van der Waals surface area contributed by atoms with Crippen LogP contribution in [0.25, 0.3) is 12.2 Å². The Morgan fingerprint density at radius 1 is 0.840 bits per heavy atom. The molecule has 4 heteroatoms. The highest BCUT2D eigenvalue weighted by molar-refractivity contribution is 5.92. The molecule has 2 amide bonds. The molecule has 4 nitrogen and oxygen atoms in total. The van der Waals surface area contributed by atoms with Gasteiger partial charge in [-0.25, -0.2) is 0 Å². The molecule has 0 saturated carbocycles. The maximum absolute atomic E-state index is 11.9. The van der Waals surface area contributed by atoms with Crippen LogP contribution in [0.4, 0.5) is 0 Å². The Morgan fingerprint density at radius 3 is 1.84 bits per heavy atom. The standard InChI is InChI=1S/C21H22N2O2/c1-17(23-21(25)15-13-19-10-6-3-7-11-19)16-22-20(24)14-12-18-8-4-2-5-9-18/h2-15,17H,16H2,1H3,(H,22,24)(H,23,25)/b14-12+,15-13+/t17-/m0/s1. The number of carbonyl (C=O) groups excluding carboxylic acids is 2. The Hall–Kier alpha value is -3.14. The van der Waals surface area contributed by atoms with Gasteiger partial charge in [0.15, 0.2) is 0 Å². The van der Waals surface area contributed by atoms with Crippen LogP contribution < -0.4 is 10.6 Å². The van der Waals surface area contributed by atoms with Crippen LogP contribution in [0.5, 0.6) is 0 Å². The van der Waals surface area contributed by atoms with E-state index in [0.717, 1.165) is 11.1 Å². The summed E-state index contributed by atoms with van der Waals surface area (Å²) in [5.41, 5.74) is 1.93. The fourth-order valence-corrected chi connectivity index (χ4v) is 2.13. The van der Waals surface area contributed by atoms with E-state index in [1.807, 2.05) is 67.6 Å². The highest BCUT2D eigenvalue weighted by atomic mass is 16.2. The molecular formula is C21H22N2O2. The van der Waals surface area contributed by atoms with Crippen molar-refractivity contribution in [2.24, 2.45) is 0 Å². The zero-order valence-corrected chi connectivity index (χ0v) is 14.2. The lowest BCUT2D eigenvalue weighted by molar-refractivity contribution is -0.118. The van der Waals surface area contributed by atoms with Crippen molar-refractivity contribution in [1.29, 1.82) is 0 Å². The summed E-state index contributed by atoms with van der Waals surface area (Å²) >= 11 is 0. The summed E-state index contributed by atoms with van der Waals surface area (Å²) in [5, 5.41) is 5.58. The van der Waals surface area contributed by atoms with Crippen molar-refractivity contribution >= 4 is 24.0 Å². The van der Waals surface area contributed by atoms with Crippen LogP contribution >= 0.6 is 0 Å². The first kappa shape index (κ1) is 18.2. The Balaban J connectivity index is 1.71. The Labute approximate surface area is 148 Å². The average molecular weight is 334 g/mol. The number of carbonyl (C=O) groups is 2. The van der Waals surface area contributed by atoms with Crippen molar-refractivity contribution in [3.63, 3.8) is 0 Å². The van der Waals surface area contributed by atoms with E-state index in [4.69, 9.17) is 0 Å². The largest absolute Gasteiger partial charge is 0.351 e. The Morgan fingerprint density at radius 2 is 1.32 bits per heavy atom. The maximum Gasteiger partial charge on any atom is 0.244 e. The van der Waals surface area contributed by atoms with Gasteiger partial charge in [0.05, 0.1) is 0 Å². The third-order valence-corrected chi connectivity index (χ3v) is 3.42. The minimum atomic E-state index is -0.190. The molecule has 1 atom stereocenters. The van der Waals surface area contributed by atoms with Gasteiger partial charge in [0, 0.05) is 24.7 Å². The van der Waals surface area contributed by atoms with E-state index in [1.165, 1.54) is 12.2 Å². The molecule has 25 heavy (non-hydrogen) atoms. The molecule has 0 saturated heterocycles. The molecule has 0 aliphatic heterocycles. The zero-order chi connectivity index (χ0) is 17.9. The highest BCUT2D eigenvalue weighted by Gasteiger charge is 2.05. The molecule has 0 unspecified atom stereocenters. The first-order chi connectivity index (χ1) is 12.1. The van der Waals surface area contributed by atoms with Gasteiger partial charge in [-0.1, -0.05) is 60.7 Å². The minimum Gasteiger partial charge on any atom is -0.351 e. The van der Waals surface area contributed by atoms with E-state index in [9.17, 15) is 9.59 Å².